The number of hydrogen-bond acceptors (Lipinski definition) is 6. The number of primary amides is 1. The maximum atomic E-state index is 12.8. The smallest absolute Gasteiger partial charge is 0.286 e. The van der Waals surface area contributed by atoms with Crippen LogP contribution in [0.15, 0.2) is 51.8 Å². The van der Waals surface area contributed by atoms with E-state index in [9.17, 15) is 13.2 Å². The number of nitrogens with two attached hydrogens (primary N) is 1. The molecule has 0 bridgehead atoms. The van der Waals surface area contributed by atoms with Crippen molar-refractivity contribution in [2.45, 2.75) is 4.90 Å². The summed E-state index contributed by atoms with van der Waals surface area (Å²) in [6.45, 7) is 0.739. The molecule has 1 amide bonds. The monoisotopic (exact) mass is 374 g/mol. The fraction of sp³-hybridized carbons (Fsp3) is 0.118. The lowest BCUT2D eigenvalue weighted by Crippen LogP contribution is -2.19. The Kier molecular flexibility index (Phi) is 3.73. The molecule has 3 aromatic rings. The van der Waals surface area contributed by atoms with E-state index in [1.54, 1.807) is 24.3 Å². The largest absolute Gasteiger partial charge is 0.486 e. The maximum Gasteiger partial charge on any atom is 0.286 e. The summed E-state index contributed by atoms with van der Waals surface area (Å²) in [7, 11) is -4.02. The van der Waals surface area contributed by atoms with Crippen molar-refractivity contribution < 1.29 is 27.1 Å². The Morgan fingerprint density at radius 1 is 1.04 bits per heavy atom. The van der Waals surface area contributed by atoms with Crippen molar-refractivity contribution in [3.63, 3.8) is 0 Å². The van der Waals surface area contributed by atoms with Crippen LogP contribution in [0.2, 0.25) is 0 Å². The number of carbonyl (C=O) groups is 1. The minimum atomic E-state index is -4.02. The quantitative estimate of drug-likeness (QED) is 0.721. The van der Waals surface area contributed by atoms with E-state index >= 15 is 0 Å². The molecule has 3 N–H and O–H groups in total. The lowest BCUT2D eigenvalue weighted by atomic mass is 10.2. The van der Waals surface area contributed by atoms with Gasteiger partial charge in [0, 0.05) is 11.5 Å². The Hall–Kier alpha value is -3.20. The van der Waals surface area contributed by atoms with Crippen LogP contribution in [0.5, 0.6) is 11.5 Å². The molecule has 1 aliphatic rings. The summed E-state index contributed by atoms with van der Waals surface area (Å²) in [6.07, 6.45) is 0. The van der Waals surface area contributed by atoms with Crippen molar-refractivity contribution >= 4 is 32.6 Å². The molecule has 2 heterocycles. The number of fused-ring (bicyclic) bond motifs is 2. The van der Waals surface area contributed by atoms with E-state index in [1.807, 2.05) is 0 Å². The first kappa shape index (κ1) is 16.3. The molecule has 0 saturated heterocycles. The van der Waals surface area contributed by atoms with Gasteiger partial charge >= 0.3 is 0 Å². The second-order valence-corrected chi connectivity index (χ2v) is 7.26. The van der Waals surface area contributed by atoms with Gasteiger partial charge in [-0.2, -0.15) is 0 Å². The molecule has 0 spiro atoms. The van der Waals surface area contributed by atoms with Gasteiger partial charge in [-0.15, -0.1) is 0 Å². The number of sulfonamides is 1. The summed E-state index contributed by atoms with van der Waals surface area (Å²) in [5.74, 6) is -0.318. The number of hydrogen-bond donors (Lipinski definition) is 2. The third-order valence-electron chi connectivity index (χ3n) is 3.88. The molecule has 0 aliphatic carbocycles. The summed E-state index contributed by atoms with van der Waals surface area (Å²) in [5, 5.41) is 0.433. The topological polar surface area (TPSA) is 121 Å². The van der Waals surface area contributed by atoms with Crippen LogP contribution < -0.4 is 19.9 Å². The predicted molar refractivity (Wildman–Crippen MR) is 93.0 cm³/mol. The third kappa shape index (κ3) is 2.72. The van der Waals surface area contributed by atoms with E-state index < -0.39 is 15.9 Å². The van der Waals surface area contributed by atoms with E-state index in [0.29, 0.717) is 35.7 Å². The van der Waals surface area contributed by atoms with Gasteiger partial charge in [0.1, 0.15) is 24.5 Å². The lowest BCUT2D eigenvalue weighted by Gasteiger charge is -2.19. The summed E-state index contributed by atoms with van der Waals surface area (Å²) >= 11 is 0. The van der Waals surface area contributed by atoms with Crippen LogP contribution in [-0.4, -0.2) is 27.5 Å². The molecule has 9 heteroatoms. The average molecular weight is 374 g/mol. The number of benzene rings is 2. The highest BCUT2D eigenvalue weighted by molar-refractivity contribution is 7.92. The highest BCUT2D eigenvalue weighted by Crippen LogP contribution is 2.35. The highest BCUT2D eigenvalue weighted by Gasteiger charge is 2.25. The van der Waals surface area contributed by atoms with Crippen LogP contribution in [0, 0.1) is 0 Å². The lowest BCUT2D eigenvalue weighted by molar-refractivity contribution is 0.0977. The number of furan rings is 1. The van der Waals surface area contributed by atoms with Gasteiger partial charge < -0.3 is 19.6 Å². The molecule has 0 fully saturated rings. The highest BCUT2D eigenvalue weighted by atomic mass is 32.2. The van der Waals surface area contributed by atoms with Crippen molar-refractivity contribution in [3.8, 4) is 11.5 Å². The summed E-state index contributed by atoms with van der Waals surface area (Å²) < 4.78 is 44.2. The van der Waals surface area contributed by atoms with Gasteiger partial charge in [0.2, 0.25) is 5.76 Å². The average Bonchev–Trinajstić information content (AvgIpc) is 3.00. The van der Waals surface area contributed by atoms with Crippen LogP contribution in [0.3, 0.4) is 0 Å². The first-order chi connectivity index (χ1) is 12.5. The van der Waals surface area contributed by atoms with Gasteiger partial charge in [-0.05, 0) is 24.3 Å². The van der Waals surface area contributed by atoms with E-state index in [1.165, 1.54) is 18.2 Å². The maximum absolute atomic E-state index is 12.8. The molecule has 1 aromatic heterocycles. The molecule has 8 nitrogen and oxygen atoms in total. The van der Waals surface area contributed by atoms with Gasteiger partial charge in [-0.1, -0.05) is 12.1 Å². The zero-order valence-corrected chi connectivity index (χ0v) is 14.2. The van der Waals surface area contributed by atoms with Crippen LogP contribution in [0.1, 0.15) is 10.6 Å². The van der Waals surface area contributed by atoms with E-state index in [2.05, 4.69) is 4.72 Å². The molecule has 26 heavy (non-hydrogen) atoms. The van der Waals surface area contributed by atoms with Crippen molar-refractivity contribution in [1.29, 1.82) is 0 Å². The number of ether oxygens (including phenoxy) is 2. The van der Waals surface area contributed by atoms with Gasteiger partial charge in [-0.25, -0.2) is 8.42 Å². The van der Waals surface area contributed by atoms with E-state index in [4.69, 9.17) is 19.6 Å². The fourth-order valence-corrected chi connectivity index (χ4v) is 3.80. The molecule has 4 rings (SSSR count). The standard InChI is InChI=1S/C17H14N2O6S/c18-17(20)16-15(11-3-1-2-4-12(11)25-16)19-26(21,22)10-5-6-13-14(9-10)24-8-7-23-13/h1-6,9,19H,7-8H2,(H2,18,20). The summed E-state index contributed by atoms with van der Waals surface area (Å²) in [5.41, 5.74) is 5.67. The van der Waals surface area contributed by atoms with Gasteiger partial charge in [-0.3, -0.25) is 9.52 Å². The Labute approximate surface area is 148 Å². The molecule has 1 aliphatic heterocycles. The van der Waals surface area contributed by atoms with E-state index in [-0.39, 0.29) is 16.3 Å². The number of amides is 1. The van der Waals surface area contributed by atoms with Crippen molar-refractivity contribution in [2.75, 3.05) is 17.9 Å². The van der Waals surface area contributed by atoms with Crippen LogP contribution >= 0.6 is 0 Å². The Morgan fingerprint density at radius 2 is 1.77 bits per heavy atom. The molecule has 2 aromatic carbocycles. The van der Waals surface area contributed by atoms with Crippen molar-refractivity contribution in [2.24, 2.45) is 5.73 Å². The number of rotatable bonds is 4. The van der Waals surface area contributed by atoms with E-state index in [0.717, 1.165) is 0 Å². The molecular weight excluding hydrogens is 360 g/mol. The second kappa shape index (κ2) is 5.95. The molecular formula is C17H14N2O6S. The minimum absolute atomic E-state index is 0.00277. The Balaban J connectivity index is 1.78. The van der Waals surface area contributed by atoms with Crippen molar-refractivity contribution in [3.05, 3.63) is 48.2 Å². The number of nitrogens with one attached hydrogen (secondary N) is 1. The number of anilines is 1. The number of carbonyl (C=O) groups excluding carboxylic acids is 1. The van der Waals surface area contributed by atoms with Gasteiger partial charge in [0.05, 0.1) is 4.90 Å². The predicted octanol–water partition coefficient (Wildman–Crippen LogP) is 2.10. The summed E-state index contributed by atoms with van der Waals surface area (Å²) in [6, 6.07) is 10.9. The zero-order chi connectivity index (χ0) is 18.3. The fourth-order valence-electron chi connectivity index (χ4n) is 2.70. The summed E-state index contributed by atoms with van der Waals surface area (Å²) in [4.78, 5) is 11.6. The molecule has 0 unspecified atom stereocenters. The molecule has 0 radical (unpaired) electrons. The molecule has 0 saturated carbocycles. The third-order valence-corrected chi connectivity index (χ3v) is 5.23. The minimum Gasteiger partial charge on any atom is -0.486 e. The molecule has 0 atom stereocenters. The normalized spacial score (nSPS) is 13.5. The Bertz CT molecular complexity index is 1120. The Morgan fingerprint density at radius 3 is 2.54 bits per heavy atom. The first-order valence-corrected chi connectivity index (χ1v) is 9.18. The van der Waals surface area contributed by atoms with Crippen molar-refractivity contribution in [1.82, 2.24) is 0 Å². The second-order valence-electron chi connectivity index (χ2n) is 5.58. The zero-order valence-electron chi connectivity index (χ0n) is 13.4. The molecule has 134 valence electrons. The SMILES string of the molecule is NC(=O)c1oc2ccccc2c1NS(=O)(=O)c1ccc2c(c1)OCCO2. The first-order valence-electron chi connectivity index (χ1n) is 7.69. The van der Waals surface area contributed by atoms with Gasteiger partial charge in [0.15, 0.2) is 11.5 Å². The number of para-hydroxylation sites is 1. The van der Waals surface area contributed by atoms with Crippen LogP contribution in [0.4, 0.5) is 5.69 Å². The van der Waals surface area contributed by atoms with Gasteiger partial charge in [0.25, 0.3) is 15.9 Å². The van der Waals surface area contributed by atoms with Crippen LogP contribution in [0.25, 0.3) is 11.0 Å². The van der Waals surface area contributed by atoms with Crippen LogP contribution in [-0.2, 0) is 10.0 Å².